The maximum atomic E-state index is 13.9. The van der Waals surface area contributed by atoms with Crippen LogP contribution in [0.3, 0.4) is 0 Å². The highest BCUT2D eigenvalue weighted by Gasteiger charge is 2.34. The van der Waals surface area contributed by atoms with Gasteiger partial charge in [-0.2, -0.15) is 4.31 Å². The highest BCUT2D eigenvalue weighted by atomic mass is 32.2. The van der Waals surface area contributed by atoms with Crippen molar-refractivity contribution in [1.29, 1.82) is 0 Å². The number of carbonyl (C=O) groups excluding carboxylic acids is 1. The standard InChI is InChI=1S/C20H30F2N2O3S/c1-14(2)5-4-6-15(3)23-20(25)16-9-11-24(12-10-16)28(26,27)19-13-17(21)7-8-18(19)22/h7-8,13-16H,4-6,9-12H2,1-3H3,(H,23,25). The number of hydrogen-bond acceptors (Lipinski definition) is 3. The van der Waals surface area contributed by atoms with Crippen LogP contribution in [0.2, 0.25) is 0 Å². The number of carbonyl (C=O) groups is 1. The zero-order chi connectivity index (χ0) is 20.9. The number of nitrogens with one attached hydrogen (secondary N) is 1. The molecule has 28 heavy (non-hydrogen) atoms. The molecule has 1 aromatic rings. The molecule has 0 saturated carbocycles. The first-order valence-electron chi connectivity index (χ1n) is 9.87. The van der Waals surface area contributed by atoms with Gasteiger partial charge in [-0.25, -0.2) is 17.2 Å². The SMILES string of the molecule is CC(C)CCCC(C)NC(=O)C1CCN(S(=O)(=O)c2cc(F)ccc2F)CC1. The van der Waals surface area contributed by atoms with E-state index in [1.54, 1.807) is 0 Å². The van der Waals surface area contributed by atoms with Gasteiger partial charge in [-0.3, -0.25) is 4.79 Å². The van der Waals surface area contributed by atoms with Gasteiger partial charge in [-0.15, -0.1) is 0 Å². The molecule has 1 N–H and O–H groups in total. The van der Waals surface area contributed by atoms with Gasteiger partial charge in [0.25, 0.3) is 0 Å². The molecule has 1 aromatic carbocycles. The van der Waals surface area contributed by atoms with Gasteiger partial charge < -0.3 is 5.32 Å². The molecule has 0 aliphatic carbocycles. The van der Waals surface area contributed by atoms with E-state index in [9.17, 15) is 22.0 Å². The second kappa shape index (κ2) is 9.78. The van der Waals surface area contributed by atoms with E-state index in [1.807, 2.05) is 6.92 Å². The van der Waals surface area contributed by atoms with E-state index in [0.29, 0.717) is 24.8 Å². The predicted molar refractivity (Wildman–Crippen MR) is 104 cm³/mol. The molecule has 0 radical (unpaired) electrons. The summed E-state index contributed by atoms with van der Waals surface area (Å²) in [4.78, 5) is 11.8. The highest BCUT2D eigenvalue weighted by Crippen LogP contribution is 2.26. The van der Waals surface area contributed by atoms with Crippen molar-refractivity contribution in [1.82, 2.24) is 9.62 Å². The largest absolute Gasteiger partial charge is 0.353 e. The fourth-order valence-corrected chi connectivity index (χ4v) is 4.98. The fourth-order valence-electron chi connectivity index (χ4n) is 3.44. The van der Waals surface area contributed by atoms with Crippen molar-refractivity contribution >= 4 is 15.9 Å². The lowest BCUT2D eigenvalue weighted by Gasteiger charge is -2.31. The monoisotopic (exact) mass is 416 g/mol. The number of nitrogens with zero attached hydrogens (tertiary/aromatic N) is 1. The van der Waals surface area contributed by atoms with Crippen molar-refractivity contribution in [2.45, 2.75) is 63.8 Å². The molecule has 1 unspecified atom stereocenters. The maximum Gasteiger partial charge on any atom is 0.246 e. The zero-order valence-corrected chi connectivity index (χ0v) is 17.6. The van der Waals surface area contributed by atoms with Gasteiger partial charge in [0.1, 0.15) is 16.5 Å². The minimum Gasteiger partial charge on any atom is -0.353 e. The first-order valence-corrected chi connectivity index (χ1v) is 11.3. The first-order chi connectivity index (χ1) is 13.1. The molecule has 0 spiro atoms. The molecule has 8 heteroatoms. The molecule has 1 atom stereocenters. The van der Waals surface area contributed by atoms with Crippen molar-refractivity contribution in [2.75, 3.05) is 13.1 Å². The van der Waals surface area contributed by atoms with Crippen LogP contribution in [0.1, 0.15) is 52.9 Å². The lowest BCUT2D eigenvalue weighted by atomic mass is 9.96. The summed E-state index contributed by atoms with van der Waals surface area (Å²) in [7, 11) is -4.12. The number of sulfonamides is 1. The average Bonchev–Trinajstić information content (AvgIpc) is 2.63. The van der Waals surface area contributed by atoms with Crippen LogP contribution in [0.25, 0.3) is 0 Å². The summed E-state index contributed by atoms with van der Waals surface area (Å²) in [5.41, 5.74) is 0. The third kappa shape index (κ3) is 5.98. The van der Waals surface area contributed by atoms with Crippen LogP contribution in [0.5, 0.6) is 0 Å². The Morgan fingerprint density at radius 1 is 1.18 bits per heavy atom. The summed E-state index contributed by atoms with van der Waals surface area (Å²) in [6.07, 6.45) is 3.81. The average molecular weight is 417 g/mol. The molecule has 1 saturated heterocycles. The maximum absolute atomic E-state index is 13.9. The number of piperidine rings is 1. The Balaban J connectivity index is 1.89. The fraction of sp³-hybridized carbons (Fsp3) is 0.650. The molecule has 2 rings (SSSR count). The van der Waals surface area contributed by atoms with E-state index in [2.05, 4.69) is 19.2 Å². The summed E-state index contributed by atoms with van der Waals surface area (Å²) < 4.78 is 53.6. The third-order valence-electron chi connectivity index (χ3n) is 5.14. The van der Waals surface area contributed by atoms with Crippen LogP contribution >= 0.6 is 0 Å². The number of rotatable bonds is 8. The molecule has 0 aromatic heterocycles. The van der Waals surface area contributed by atoms with E-state index in [-0.39, 0.29) is 31.0 Å². The number of hydrogen-bond donors (Lipinski definition) is 1. The second-order valence-corrected chi connectivity index (χ2v) is 9.89. The van der Waals surface area contributed by atoms with Crippen LogP contribution in [0, 0.1) is 23.5 Å². The van der Waals surface area contributed by atoms with Crippen LogP contribution in [0.15, 0.2) is 23.1 Å². The van der Waals surface area contributed by atoms with E-state index < -0.39 is 26.6 Å². The third-order valence-corrected chi connectivity index (χ3v) is 7.06. The van der Waals surface area contributed by atoms with Gasteiger partial charge in [0.2, 0.25) is 15.9 Å². The quantitative estimate of drug-likeness (QED) is 0.703. The summed E-state index contributed by atoms with van der Waals surface area (Å²) in [5, 5.41) is 3.01. The number of benzene rings is 1. The molecule has 1 amide bonds. The Hall–Kier alpha value is -1.54. The highest BCUT2D eigenvalue weighted by molar-refractivity contribution is 7.89. The minimum absolute atomic E-state index is 0.0639. The Bertz CT molecular complexity index is 776. The molecule has 1 aliphatic heterocycles. The van der Waals surface area contributed by atoms with Gasteiger partial charge in [0.15, 0.2) is 0 Å². The minimum atomic E-state index is -4.12. The summed E-state index contributed by atoms with van der Waals surface area (Å²) in [6.45, 7) is 6.53. The second-order valence-electron chi connectivity index (χ2n) is 7.99. The molecule has 1 fully saturated rings. The van der Waals surface area contributed by atoms with Crippen molar-refractivity contribution in [3.05, 3.63) is 29.8 Å². The Morgan fingerprint density at radius 3 is 2.43 bits per heavy atom. The van der Waals surface area contributed by atoms with Crippen molar-refractivity contribution in [3.8, 4) is 0 Å². The molecule has 0 bridgehead atoms. The Morgan fingerprint density at radius 2 is 1.82 bits per heavy atom. The summed E-state index contributed by atoms with van der Waals surface area (Å²) in [5.74, 6) is -1.48. The summed E-state index contributed by atoms with van der Waals surface area (Å²) >= 11 is 0. The van der Waals surface area contributed by atoms with Gasteiger partial charge in [-0.1, -0.05) is 26.7 Å². The predicted octanol–water partition coefficient (Wildman–Crippen LogP) is 3.70. The van der Waals surface area contributed by atoms with E-state index >= 15 is 0 Å². The Labute approximate surface area is 166 Å². The first kappa shape index (κ1) is 22.7. The lowest BCUT2D eigenvalue weighted by Crippen LogP contribution is -2.44. The lowest BCUT2D eigenvalue weighted by molar-refractivity contribution is -0.126. The van der Waals surface area contributed by atoms with Crippen LogP contribution < -0.4 is 5.32 Å². The van der Waals surface area contributed by atoms with Gasteiger partial charge in [0, 0.05) is 25.0 Å². The topological polar surface area (TPSA) is 66.5 Å². The van der Waals surface area contributed by atoms with Gasteiger partial charge in [0.05, 0.1) is 0 Å². The molecular weight excluding hydrogens is 386 g/mol. The molecular formula is C20H30F2N2O3S. The van der Waals surface area contributed by atoms with Crippen molar-refractivity contribution in [3.63, 3.8) is 0 Å². The Kier molecular flexibility index (Phi) is 7.95. The van der Waals surface area contributed by atoms with Crippen molar-refractivity contribution in [2.24, 2.45) is 11.8 Å². The summed E-state index contributed by atoms with van der Waals surface area (Å²) in [6, 6.07) is 2.47. The van der Waals surface area contributed by atoms with E-state index in [1.165, 1.54) is 0 Å². The molecule has 5 nitrogen and oxygen atoms in total. The van der Waals surface area contributed by atoms with Gasteiger partial charge in [-0.05, 0) is 50.3 Å². The number of amides is 1. The molecule has 158 valence electrons. The van der Waals surface area contributed by atoms with E-state index in [4.69, 9.17) is 0 Å². The zero-order valence-electron chi connectivity index (χ0n) is 16.7. The van der Waals surface area contributed by atoms with Crippen molar-refractivity contribution < 1.29 is 22.0 Å². The normalized spacial score (nSPS) is 17.6. The van der Waals surface area contributed by atoms with Crippen LogP contribution in [0.4, 0.5) is 8.78 Å². The van der Waals surface area contributed by atoms with Crippen LogP contribution in [-0.2, 0) is 14.8 Å². The number of halogens is 2. The smallest absolute Gasteiger partial charge is 0.246 e. The van der Waals surface area contributed by atoms with E-state index in [0.717, 1.165) is 35.7 Å². The molecule has 1 heterocycles. The van der Waals surface area contributed by atoms with Crippen LogP contribution in [-0.4, -0.2) is 37.8 Å². The molecule has 1 aliphatic rings. The van der Waals surface area contributed by atoms with Gasteiger partial charge >= 0.3 is 0 Å².